The van der Waals surface area contributed by atoms with E-state index in [1.54, 1.807) is 0 Å². The van der Waals surface area contributed by atoms with Gasteiger partial charge in [-0.05, 0) is 42.8 Å². The van der Waals surface area contributed by atoms with E-state index in [0.29, 0.717) is 19.0 Å². The van der Waals surface area contributed by atoms with E-state index in [1.807, 2.05) is 47.9 Å². The molecule has 3 aromatic rings. The van der Waals surface area contributed by atoms with Crippen molar-refractivity contribution in [1.29, 1.82) is 0 Å². The van der Waals surface area contributed by atoms with E-state index in [4.69, 9.17) is 15.2 Å². The SMILES string of the molecule is Cc1ccn2c(N)c(-c3ccc4c(c3)OCCO4)nc2c1. The lowest BCUT2D eigenvalue weighted by molar-refractivity contribution is 0.171. The number of pyridine rings is 1. The Morgan fingerprint density at radius 3 is 2.76 bits per heavy atom. The molecule has 0 bridgehead atoms. The molecule has 5 nitrogen and oxygen atoms in total. The zero-order chi connectivity index (χ0) is 14.4. The molecule has 2 N–H and O–H groups in total. The molecular weight excluding hydrogens is 266 g/mol. The molecule has 5 heteroatoms. The predicted molar refractivity (Wildman–Crippen MR) is 80.8 cm³/mol. The molecule has 0 spiro atoms. The number of aryl methyl sites for hydroxylation is 1. The van der Waals surface area contributed by atoms with Crippen LogP contribution in [0.5, 0.6) is 11.5 Å². The van der Waals surface area contributed by atoms with E-state index >= 15 is 0 Å². The van der Waals surface area contributed by atoms with Gasteiger partial charge in [-0.15, -0.1) is 0 Å². The first-order valence-corrected chi connectivity index (χ1v) is 6.86. The molecule has 0 aliphatic carbocycles. The van der Waals surface area contributed by atoms with E-state index in [-0.39, 0.29) is 0 Å². The average molecular weight is 281 g/mol. The van der Waals surface area contributed by atoms with Gasteiger partial charge in [0.25, 0.3) is 0 Å². The second-order valence-electron chi connectivity index (χ2n) is 5.14. The fraction of sp³-hybridized carbons (Fsp3) is 0.188. The third kappa shape index (κ3) is 1.89. The number of rotatable bonds is 1. The predicted octanol–water partition coefficient (Wildman–Crippen LogP) is 2.66. The highest BCUT2D eigenvalue weighted by Crippen LogP contribution is 2.36. The van der Waals surface area contributed by atoms with Gasteiger partial charge in [0.15, 0.2) is 11.5 Å². The number of nitrogen functional groups attached to an aromatic ring is 1. The van der Waals surface area contributed by atoms with Gasteiger partial charge in [0.2, 0.25) is 0 Å². The summed E-state index contributed by atoms with van der Waals surface area (Å²) in [6, 6.07) is 9.81. The Labute approximate surface area is 121 Å². The molecule has 4 rings (SSSR count). The van der Waals surface area contributed by atoms with Crippen molar-refractivity contribution in [1.82, 2.24) is 9.38 Å². The molecule has 0 saturated heterocycles. The van der Waals surface area contributed by atoms with Crippen LogP contribution in [0.1, 0.15) is 5.56 Å². The maximum Gasteiger partial charge on any atom is 0.162 e. The standard InChI is InChI=1S/C16H15N3O2/c1-10-4-5-19-14(8-10)18-15(16(19)17)11-2-3-12-13(9-11)21-7-6-20-12/h2-5,8-9H,6-7,17H2,1H3. The van der Waals surface area contributed by atoms with Crippen molar-refractivity contribution in [2.75, 3.05) is 18.9 Å². The van der Waals surface area contributed by atoms with Gasteiger partial charge in [-0.1, -0.05) is 0 Å². The smallest absolute Gasteiger partial charge is 0.162 e. The van der Waals surface area contributed by atoms with Crippen molar-refractivity contribution in [3.63, 3.8) is 0 Å². The first-order valence-electron chi connectivity index (χ1n) is 6.86. The molecule has 1 aromatic carbocycles. The Morgan fingerprint density at radius 1 is 1.10 bits per heavy atom. The molecule has 3 heterocycles. The van der Waals surface area contributed by atoms with Crippen LogP contribution < -0.4 is 15.2 Å². The summed E-state index contributed by atoms with van der Waals surface area (Å²) in [4.78, 5) is 4.63. The largest absolute Gasteiger partial charge is 0.486 e. The second-order valence-corrected chi connectivity index (χ2v) is 5.14. The van der Waals surface area contributed by atoms with Crippen LogP contribution in [0.2, 0.25) is 0 Å². The van der Waals surface area contributed by atoms with Gasteiger partial charge in [0.05, 0.1) is 0 Å². The van der Waals surface area contributed by atoms with Gasteiger partial charge in [0.1, 0.15) is 30.4 Å². The lowest BCUT2D eigenvalue weighted by atomic mass is 10.1. The van der Waals surface area contributed by atoms with Gasteiger partial charge in [-0.25, -0.2) is 4.98 Å². The summed E-state index contributed by atoms with van der Waals surface area (Å²) in [7, 11) is 0. The first-order chi connectivity index (χ1) is 10.2. The zero-order valence-electron chi connectivity index (χ0n) is 11.7. The molecule has 2 aromatic heterocycles. The van der Waals surface area contributed by atoms with Crippen molar-refractivity contribution in [2.45, 2.75) is 6.92 Å². The van der Waals surface area contributed by atoms with Gasteiger partial charge in [-0.3, -0.25) is 4.40 Å². The lowest BCUT2D eigenvalue weighted by Crippen LogP contribution is -2.15. The summed E-state index contributed by atoms with van der Waals surface area (Å²) in [6.45, 7) is 3.19. The Morgan fingerprint density at radius 2 is 1.90 bits per heavy atom. The molecule has 0 atom stereocenters. The summed E-state index contributed by atoms with van der Waals surface area (Å²) in [5.41, 5.74) is 9.91. The summed E-state index contributed by atoms with van der Waals surface area (Å²) < 4.78 is 13.0. The monoisotopic (exact) mass is 281 g/mol. The Balaban J connectivity index is 1.88. The van der Waals surface area contributed by atoms with Crippen molar-refractivity contribution in [3.05, 3.63) is 42.1 Å². The maximum absolute atomic E-state index is 6.23. The number of anilines is 1. The highest BCUT2D eigenvalue weighted by Gasteiger charge is 2.16. The first kappa shape index (κ1) is 12.1. The number of nitrogens with zero attached hydrogens (tertiary/aromatic N) is 2. The fourth-order valence-corrected chi connectivity index (χ4v) is 2.57. The second kappa shape index (κ2) is 4.41. The van der Waals surface area contributed by atoms with Gasteiger partial charge in [0, 0.05) is 11.8 Å². The number of ether oxygens (including phenoxy) is 2. The quantitative estimate of drug-likeness (QED) is 0.745. The molecule has 0 unspecified atom stereocenters. The van der Waals surface area contributed by atoms with E-state index in [2.05, 4.69) is 4.98 Å². The summed E-state index contributed by atoms with van der Waals surface area (Å²) >= 11 is 0. The molecule has 1 aliphatic rings. The van der Waals surface area contributed by atoms with Crippen molar-refractivity contribution >= 4 is 11.5 Å². The molecule has 0 saturated carbocycles. The molecule has 106 valence electrons. The minimum absolute atomic E-state index is 0.566. The van der Waals surface area contributed by atoms with Crippen LogP contribution in [0.25, 0.3) is 16.9 Å². The number of imidazole rings is 1. The number of hydrogen-bond donors (Lipinski definition) is 1. The number of aromatic nitrogens is 2. The van der Waals surface area contributed by atoms with E-state index < -0.39 is 0 Å². The minimum atomic E-state index is 0.566. The lowest BCUT2D eigenvalue weighted by Gasteiger charge is -2.18. The highest BCUT2D eigenvalue weighted by atomic mass is 16.6. The number of hydrogen-bond acceptors (Lipinski definition) is 4. The summed E-state index contributed by atoms with van der Waals surface area (Å²) in [6.07, 6.45) is 1.94. The highest BCUT2D eigenvalue weighted by molar-refractivity contribution is 5.76. The fourth-order valence-electron chi connectivity index (χ4n) is 2.57. The van der Waals surface area contributed by atoms with E-state index in [1.165, 1.54) is 0 Å². The van der Waals surface area contributed by atoms with Crippen molar-refractivity contribution in [2.24, 2.45) is 0 Å². The van der Waals surface area contributed by atoms with Crippen LogP contribution in [0.4, 0.5) is 5.82 Å². The third-order valence-corrected chi connectivity index (χ3v) is 3.63. The summed E-state index contributed by atoms with van der Waals surface area (Å²) in [5.74, 6) is 2.14. The van der Waals surface area contributed by atoms with Gasteiger partial charge >= 0.3 is 0 Å². The van der Waals surface area contributed by atoms with E-state index in [0.717, 1.165) is 34.0 Å². The number of nitrogens with two attached hydrogens (primary N) is 1. The normalized spacial score (nSPS) is 13.6. The molecule has 0 fully saturated rings. The van der Waals surface area contributed by atoms with Crippen molar-refractivity contribution in [3.8, 4) is 22.8 Å². The maximum atomic E-state index is 6.23. The van der Waals surface area contributed by atoms with Crippen LogP contribution in [0.15, 0.2) is 36.5 Å². The number of benzene rings is 1. The zero-order valence-corrected chi connectivity index (χ0v) is 11.7. The van der Waals surface area contributed by atoms with Gasteiger partial charge < -0.3 is 15.2 Å². The topological polar surface area (TPSA) is 61.8 Å². The Bertz CT molecular complexity index is 839. The molecule has 0 radical (unpaired) electrons. The van der Waals surface area contributed by atoms with E-state index in [9.17, 15) is 0 Å². The number of fused-ring (bicyclic) bond motifs is 2. The van der Waals surface area contributed by atoms with Crippen LogP contribution in [-0.4, -0.2) is 22.6 Å². The Kier molecular flexibility index (Phi) is 2.54. The molecule has 1 aliphatic heterocycles. The Hall–Kier alpha value is -2.69. The average Bonchev–Trinajstić information content (AvgIpc) is 2.83. The van der Waals surface area contributed by atoms with Crippen LogP contribution in [-0.2, 0) is 0 Å². The molecule has 0 amide bonds. The van der Waals surface area contributed by atoms with Crippen LogP contribution in [0.3, 0.4) is 0 Å². The molecular formula is C16H15N3O2. The summed E-state index contributed by atoms with van der Waals surface area (Å²) in [5, 5.41) is 0. The minimum Gasteiger partial charge on any atom is -0.486 e. The van der Waals surface area contributed by atoms with Crippen LogP contribution in [0, 0.1) is 6.92 Å². The van der Waals surface area contributed by atoms with Gasteiger partial charge in [-0.2, -0.15) is 0 Å². The van der Waals surface area contributed by atoms with Crippen LogP contribution >= 0.6 is 0 Å². The van der Waals surface area contributed by atoms with Crippen molar-refractivity contribution < 1.29 is 9.47 Å². The molecule has 21 heavy (non-hydrogen) atoms. The third-order valence-electron chi connectivity index (χ3n) is 3.63.